The smallest absolute Gasteiger partial charge is 0.228 e. The molecule has 3 nitrogen and oxygen atoms in total. The molecule has 2 saturated carbocycles. The number of fused-ring (bicyclic) bond motifs is 3. The first-order valence-electron chi connectivity index (χ1n) is 7.31. The van der Waals surface area contributed by atoms with E-state index in [0.29, 0.717) is 18.3 Å². The number of amides is 1. The summed E-state index contributed by atoms with van der Waals surface area (Å²) in [7, 11) is 0. The second kappa shape index (κ2) is 4.07. The Bertz CT molecular complexity index is 540. The molecule has 4 rings (SSSR count). The van der Waals surface area contributed by atoms with E-state index in [4.69, 9.17) is 0 Å². The van der Waals surface area contributed by atoms with Gasteiger partial charge in [-0.25, -0.2) is 0 Å². The Kier molecular flexibility index (Phi) is 2.46. The average molecular weight is 257 g/mol. The van der Waals surface area contributed by atoms with Gasteiger partial charge in [0, 0.05) is 5.69 Å². The topological polar surface area (TPSA) is 49.3 Å². The van der Waals surface area contributed by atoms with Crippen molar-refractivity contribution >= 4 is 11.6 Å². The van der Waals surface area contributed by atoms with Gasteiger partial charge in [0.15, 0.2) is 0 Å². The molecule has 1 aromatic carbocycles. The highest BCUT2D eigenvalue weighted by atomic mass is 16.3. The van der Waals surface area contributed by atoms with Crippen molar-refractivity contribution in [3.8, 4) is 0 Å². The average Bonchev–Trinajstić information content (AvgIpc) is 3.09. The van der Waals surface area contributed by atoms with Crippen molar-refractivity contribution in [2.75, 3.05) is 5.32 Å². The van der Waals surface area contributed by atoms with Crippen molar-refractivity contribution < 1.29 is 9.90 Å². The molecule has 3 aliphatic rings. The van der Waals surface area contributed by atoms with Crippen LogP contribution in [0.1, 0.15) is 42.9 Å². The molecule has 1 aromatic rings. The summed E-state index contributed by atoms with van der Waals surface area (Å²) >= 11 is 0. The molecule has 100 valence electrons. The van der Waals surface area contributed by atoms with Gasteiger partial charge < -0.3 is 10.4 Å². The number of hydrogen-bond acceptors (Lipinski definition) is 2. The summed E-state index contributed by atoms with van der Waals surface area (Å²) in [5, 5.41) is 13.5. The number of carbonyl (C=O) groups excluding carboxylic acids is 1. The van der Waals surface area contributed by atoms with Crippen molar-refractivity contribution in [3.05, 3.63) is 29.3 Å². The highest BCUT2D eigenvalue weighted by Gasteiger charge is 2.43. The minimum absolute atomic E-state index is 0.0570. The molecule has 1 aliphatic heterocycles. The zero-order chi connectivity index (χ0) is 13.0. The maximum atomic E-state index is 11.4. The Morgan fingerprint density at radius 2 is 2.16 bits per heavy atom. The minimum Gasteiger partial charge on any atom is -0.388 e. The van der Waals surface area contributed by atoms with Crippen molar-refractivity contribution in [2.45, 2.75) is 38.2 Å². The summed E-state index contributed by atoms with van der Waals surface area (Å²) in [5.74, 6) is 2.05. The quantitative estimate of drug-likeness (QED) is 0.855. The number of aliphatic hydroxyl groups is 1. The Hall–Kier alpha value is -1.35. The van der Waals surface area contributed by atoms with E-state index in [9.17, 15) is 9.90 Å². The molecule has 19 heavy (non-hydrogen) atoms. The Morgan fingerprint density at radius 3 is 2.89 bits per heavy atom. The van der Waals surface area contributed by atoms with Crippen molar-refractivity contribution in [1.29, 1.82) is 0 Å². The molecule has 4 atom stereocenters. The van der Waals surface area contributed by atoms with E-state index in [1.165, 1.54) is 25.7 Å². The Labute approximate surface area is 113 Å². The molecule has 2 N–H and O–H groups in total. The number of anilines is 1. The predicted octanol–water partition coefficient (Wildman–Crippen LogP) is 2.65. The van der Waals surface area contributed by atoms with Gasteiger partial charge in [-0.05, 0) is 54.2 Å². The van der Waals surface area contributed by atoms with Gasteiger partial charge >= 0.3 is 0 Å². The predicted molar refractivity (Wildman–Crippen MR) is 72.7 cm³/mol. The van der Waals surface area contributed by atoms with Crippen LogP contribution in [-0.2, 0) is 11.2 Å². The van der Waals surface area contributed by atoms with Crippen LogP contribution < -0.4 is 5.32 Å². The lowest BCUT2D eigenvalue weighted by Crippen LogP contribution is -2.19. The molecule has 1 amide bonds. The van der Waals surface area contributed by atoms with Crippen LogP contribution in [0.25, 0.3) is 0 Å². The Morgan fingerprint density at radius 1 is 1.26 bits per heavy atom. The SMILES string of the molecule is O=C1Cc2cc(C(O)C3CC4CCC3C4)ccc2N1. The third-order valence-corrected chi connectivity index (χ3v) is 5.29. The highest BCUT2D eigenvalue weighted by Crippen LogP contribution is 2.52. The molecular weight excluding hydrogens is 238 g/mol. The first kappa shape index (κ1) is 11.5. The molecule has 4 unspecified atom stereocenters. The second-order valence-corrected chi connectivity index (χ2v) is 6.43. The third kappa shape index (κ3) is 1.79. The monoisotopic (exact) mass is 257 g/mol. The van der Waals surface area contributed by atoms with Gasteiger partial charge in [0.05, 0.1) is 12.5 Å². The fourth-order valence-electron chi connectivity index (χ4n) is 4.36. The van der Waals surface area contributed by atoms with Gasteiger partial charge in [-0.3, -0.25) is 4.79 Å². The zero-order valence-corrected chi connectivity index (χ0v) is 10.9. The second-order valence-electron chi connectivity index (χ2n) is 6.43. The van der Waals surface area contributed by atoms with Crippen LogP contribution in [0.2, 0.25) is 0 Å². The van der Waals surface area contributed by atoms with Crippen molar-refractivity contribution in [2.24, 2.45) is 17.8 Å². The van der Waals surface area contributed by atoms with Gasteiger partial charge in [-0.2, -0.15) is 0 Å². The normalized spacial score (nSPS) is 33.3. The standard InChI is InChI=1S/C16H19NO2/c18-15-8-12-7-11(3-4-14(12)17-15)16(19)13-6-9-1-2-10(13)5-9/h3-4,7,9-10,13,16,19H,1-2,5-6,8H2,(H,17,18). The lowest BCUT2D eigenvalue weighted by molar-refractivity contribution is -0.115. The molecule has 2 bridgehead atoms. The summed E-state index contributed by atoms with van der Waals surface area (Å²) in [6.07, 6.45) is 5.24. The van der Waals surface area contributed by atoms with Crippen LogP contribution in [0, 0.1) is 17.8 Å². The lowest BCUT2D eigenvalue weighted by Gasteiger charge is -2.27. The van der Waals surface area contributed by atoms with Crippen LogP contribution in [0.4, 0.5) is 5.69 Å². The van der Waals surface area contributed by atoms with E-state index < -0.39 is 0 Å². The summed E-state index contributed by atoms with van der Waals surface area (Å²) in [6, 6.07) is 5.93. The first-order chi connectivity index (χ1) is 9.20. The van der Waals surface area contributed by atoms with E-state index in [1.807, 2.05) is 18.2 Å². The van der Waals surface area contributed by atoms with Crippen LogP contribution in [0.15, 0.2) is 18.2 Å². The maximum Gasteiger partial charge on any atom is 0.228 e. The molecular formula is C16H19NO2. The molecule has 0 aromatic heterocycles. The van der Waals surface area contributed by atoms with E-state index in [2.05, 4.69) is 5.32 Å². The van der Waals surface area contributed by atoms with Crippen molar-refractivity contribution in [1.82, 2.24) is 0 Å². The zero-order valence-electron chi connectivity index (χ0n) is 10.9. The summed E-state index contributed by atoms with van der Waals surface area (Å²) in [5.41, 5.74) is 2.94. The van der Waals surface area contributed by atoms with Gasteiger partial charge in [0.1, 0.15) is 0 Å². The summed E-state index contributed by atoms with van der Waals surface area (Å²) in [6.45, 7) is 0. The maximum absolute atomic E-state index is 11.4. The van der Waals surface area contributed by atoms with Crippen LogP contribution in [0.3, 0.4) is 0 Å². The molecule has 3 heteroatoms. The van der Waals surface area contributed by atoms with Crippen LogP contribution >= 0.6 is 0 Å². The third-order valence-electron chi connectivity index (χ3n) is 5.29. The van der Waals surface area contributed by atoms with E-state index >= 15 is 0 Å². The number of nitrogens with one attached hydrogen (secondary N) is 1. The number of aliphatic hydroxyl groups excluding tert-OH is 1. The summed E-state index contributed by atoms with van der Waals surface area (Å²) < 4.78 is 0. The van der Waals surface area contributed by atoms with Gasteiger partial charge in [0.2, 0.25) is 5.91 Å². The molecule has 0 saturated heterocycles. The van der Waals surface area contributed by atoms with Gasteiger partial charge in [-0.15, -0.1) is 0 Å². The van der Waals surface area contributed by atoms with Crippen molar-refractivity contribution in [3.63, 3.8) is 0 Å². The highest BCUT2D eigenvalue weighted by molar-refractivity contribution is 5.99. The fourth-order valence-corrected chi connectivity index (χ4v) is 4.36. The summed E-state index contributed by atoms with van der Waals surface area (Å²) in [4.78, 5) is 11.4. The fraction of sp³-hybridized carbons (Fsp3) is 0.562. The molecule has 2 fully saturated rings. The number of rotatable bonds is 2. The molecule has 0 radical (unpaired) electrons. The van der Waals surface area contributed by atoms with Crippen LogP contribution in [-0.4, -0.2) is 11.0 Å². The minimum atomic E-state index is -0.351. The lowest BCUT2D eigenvalue weighted by atomic mass is 9.82. The van der Waals surface area contributed by atoms with Crippen LogP contribution in [0.5, 0.6) is 0 Å². The molecule has 0 spiro atoms. The Balaban J connectivity index is 1.59. The number of hydrogen-bond donors (Lipinski definition) is 2. The molecule has 2 aliphatic carbocycles. The van der Waals surface area contributed by atoms with E-state index in [-0.39, 0.29) is 12.0 Å². The van der Waals surface area contributed by atoms with E-state index in [1.54, 1.807) is 0 Å². The molecule has 1 heterocycles. The van der Waals surface area contributed by atoms with Gasteiger partial charge in [-0.1, -0.05) is 18.6 Å². The van der Waals surface area contributed by atoms with Gasteiger partial charge in [0.25, 0.3) is 0 Å². The van der Waals surface area contributed by atoms with E-state index in [0.717, 1.165) is 22.7 Å². The number of benzene rings is 1. The number of carbonyl (C=O) groups is 1. The first-order valence-corrected chi connectivity index (χ1v) is 7.31. The largest absolute Gasteiger partial charge is 0.388 e.